The van der Waals surface area contributed by atoms with E-state index < -0.39 is 0 Å². The number of rotatable bonds is 5. The Hall–Kier alpha value is -2.12. The lowest BCUT2D eigenvalue weighted by Crippen LogP contribution is -2.14. The fourth-order valence-electron chi connectivity index (χ4n) is 3.39. The summed E-state index contributed by atoms with van der Waals surface area (Å²) in [4.78, 5) is 23.8. The zero-order valence-electron chi connectivity index (χ0n) is 15.3. The Kier molecular flexibility index (Phi) is 5.31. The average molecular weight is 400 g/mol. The van der Waals surface area contributed by atoms with Gasteiger partial charge in [-0.15, -0.1) is 11.3 Å². The molecule has 2 aromatic heterocycles. The summed E-state index contributed by atoms with van der Waals surface area (Å²) in [6, 6.07) is 7.36. The van der Waals surface area contributed by atoms with Crippen molar-refractivity contribution in [3.63, 3.8) is 0 Å². The number of carbonyl (C=O) groups excluding carboxylic acids is 1. The van der Waals surface area contributed by atoms with Gasteiger partial charge in [0.25, 0.3) is 0 Å². The van der Waals surface area contributed by atoms with E-state index in [1.807, 2.05) is 24.3 Å². The Morgan fingerprint density at radius 1 is 1.41 bits per heavy atom. The number of nitrogens with zero attached hydrogens (tertiary/aromatic N) is 2. The van der Waals surface area contributed by atoms with Gasteiger partial charge in [0.2, 0.25) is 5.91 Å². The number of aryl methyl sites for hydroxylation is 1. The van der Waals surface area contributed by atoms with E-state index >= 15 is 0 Å². The second kappa shape index (κ2) is 7.86. The smallest absolute Gasteiger partial charge is 0.234 e. The Morgan fingerprint density at radius 3 is 3.15 bits per heavy atom. The molecule has 3 aromatic rings. The number of aromatic nitrogens is 2. The molecule has 1 aliphatic carbocycles. The van der Waals surface area contributed by atoms with Crippen molar-refractivity contribution in [3.05, 3.63) is 41.0 Å². The van der Waals surface area contributed by atoms with Crippen molar-refractivity contribution in [2.75, 3.05) is 18.2 Å². The van der Waals surface area contributed by atoms with E-state index in [9.17, 15) is 4.79 Å². The van der Waals surface area contributed by atoms with Crippen LogP contribution < -0.4 is 10.1 Å². The standard InChI is InChI=1S/C20H21N3O2S2/c1-12-6-7-15-16(8-12)27-20-18(15)19(21-11-22-20)26-10-17(24)23-13-4-3-5-14(9-13)25-2/h3-5,9,11-12H,6-8,10H2,1-2H3,(H,23,24)/t12-/m1/s1. The van der Waals surface area contributed by atoms with E-state index in [2.05, 4.69) is 22.2 Å². The summed E-state index contributed by atoms with van der Waals surface area (Å²) < 4.78 is 5.19. The highest BCUT2D eigenvalue weighted by molar-refractivity contribution is 8.00. The monoisotopic (exact) mass is 399 g/mol. The first-order chi connectivity index (χ1) is 13.1. The first-order valence-electron chi connectivity index (χ1n) is 8.96. The molecule has 1 N–H and O–H groups in total. The van der Waals surface area contributed by atoms with Crippen LogP contribution in [0.25, 0.3) is 10.2 Å². The summed E-state index contributed by atoms with van der Waals surface area (Å²) >= 11 is 3.26. The zero-order chi connectivity index (χ0) is 18.8. The van der Waals surface area contributed by atoms with Gasteiger partial charge in [-0.1, -0.05) is 24.8 Å². The largest absolute Gasteiger partial charge is 0.497 e. The lowest BCUT2D eigenvalue weighted by Gasteiger charge is -2.18. The van der Waals surface area contributed by atoms with Gasteiger partial charge in [-0.05, 0) is 42.9 Å². The lowest BCUT2D eigenvalue weighted by atomic mass is 9.89. The van der Waals surface area contributed by atoms with E-state index in [0.29, 0.717) is 5.75 Å². The van der Waals surface area contributed by atoms with Crippen molar-refractivity contribution in [2.45, 2.75) is 31.2 Å². The van der Waals surface area contributed by atoms with Crippen molar-refractivity contribution in [2.24, 2.45) is 5.92 Å². The average Bonchev–Trinajstić information content (AvgIpc) is 3.04. The summed E-state index contributed by atoms with van der Waals surface area (Å²) in [7, 11) is 1.61. The molecule has 5 nitrogen and oxygen atoms in total. The molecule has 0 fully saturated rings. The maximum Gasteiger partial charge on any atom is 0.234 e. The molecule has 2 heterocycles. The number of thioether (sulfide) groups is 1. The maximum absolute atomic E-state index is 12.4. The predicted molar refractivity (Wildman–Crippen MR) is 111 cm³/mol. The summed E-state index contributed by atoms with van der Waals surface area (Å²) in [6.07, 6.45) is 5.01. The summed E-state index contributed by atoms with van der Waals surface area (Å²) in [5.74, 6) is 1.70. The van der Waals surface area contributed by atoms with Crippen LogP contribution in [0.1, 0.15) is 23.8 Å². The molecule has 1 atom stereocenters. The van der Waals surface area contributed by atoms with Crippen LogP contribution in [-0.4, -0.2) is 28.7 Å². The molecule has 27 heavy (non-hydrogen) atoms. The molecular formula is C20H21N3O2S2. The molecular weight excluding hydrogens is 378 g/mol. The molecule has 0 radical (unpaired) electrons. The molecule has 1 aliphatic rings. The van der Waals surface area contributed by atoms with Gasteiger partial charge in [-0.3, -0.25) is 4.79 Å². The fraction of sp³-hybridized carbons (Fsp3) is 0.350. The summed E-state index contributed by atoms with van der Waals surface area (Å²) in [6.45, 7) is 2.30. The number of carbonyl (C=O) groups is 1. The molecule has 0 saturated heterocycles. The first kappa shape index (κ1) is 18.3. The van der Waals surface area contributed by atoms with Gasteiger partial charge in [0, 0.05) is 22.0 Å². The molecule has 140 valence electrons. The van der Waals surface area contributed by atoms with Gasteiger partial charge in [-0.2, -0.15) is 0 Å². The van der Waals surface area contributed by atoms with E-state index in [4.69, 9.17) is 4.74 Å². The van der Waals surface area contributed by atoms with Crippen LogP contribution in [0.4, 0.5) is 5.69 Å². The fourth-order valence-corrected chi connectivity index (χ4v) is 5.63. The molecule has 0 spiro atoms. The van der Waals surface area contributed by atoms with Gasteiger partial charge < -0.3 is 10.1 Å². The van der Waals surface area contributed by atoms with Gasteiger partial charge in [0.05, 0.1) is 12.9 Å². The van der Waals surface area contributed by atoms with Gasteiger partial charge in [0.1, 0.15) is 21.9 Å². The number of hydrogen-bond acceptors (Lipinski definition) is 6. The predicted octanol–water partition coefficient (Wildman–Crippen LogP) is 4.56. The van der Waals surface area contributed by atoms with E-state index in [-0.39, 0.29) is 5.91 Å². The highest BCUT2D eigenvalue weighted by Crippen LogP contribution is 2.40. The highest BCUT2D eigenvalue weighted by Gasteiger charge is 2.23. The second-order valence-electron chi connectivity index (χ2n) is 6.78. The van der Waals surface area contributed by atoms with Crippen LogP contribution in [0.5, 0.6) is 5.75 Å². The number of fused-ring (bicyclic) bond motifs is 3. The van der Waals surface area contributed by atoms with Crippen molar-refractivity contribution in [1.29, 1.82) is 0 Å². The SMILES string of the molecule is COc1cccc(NC(=O)CSc2ncnc3sc4c(c23)CC[C@@H](C)C4)c1. The van der Waals surface area contributed by atoms with Crippen LogP contribution >= 0.6 is 23.1 Å². The number of thiophene rings is 1. The first-order valence-corrected chi connectivity index (χ1v) is 10.8. The molecule has 1 aromatic carbocycles. The van der Waals surface area contributed by atoms with Crippen molar-refractivity contribution in [1.82, 2.24) is 9.97 Å². The van der Waals surface area contributed by atoms with Crippen molar-refractivity contribution >= 4 is 44.9 Å². The van der Waals surface area contributed by atoms with Gasteiger partial charge in [-0.25, -0.2) is 9.97 Å². The van der Waals surface area contributed by atoms with Crippen LogP contribution in [0.3, 0.4) is 0 Å². The number of methoxy groups -OCH3 is 1. The maximum atomic E-state index is 12.4. The van der Waals surface area contributed by atoms with Crippen LogP contribution in [0, 0.1) is 5.92 Å². The Labute approximate surface area is 166 Å². The van der Waals surface area contributed by atoms with E-state index in [1.54, 1.807) is 24.8 Å². The minimum absolute atomic E-state index is 0.0577. The zero-order valence-corrected chi connectivity index (χ0v) is 17.0. The topological polar surface area (TPSA) is 64.1 Å². The number of benzene rings is 1. The third-order valence-electron chi connectivity index (χ3n) is 4.75. The Morgan fingerprint density at radius 2 is 2.30 bits per heavy atom. The van der Waals surface area contributed by atoms with Gasteiger partial charge >= 0.3 is 0 Å². The van der Waals surface area contributed by atoms with Crippen LogP contribution in [0.15, 0.2) is 35.6 Å². The van der Waals surface area contributed by atoms with E-state index in [1.165, 1.54) is 28.6 Å². The minimum Gasteiger partial charge on any atom is -0.497 e. The van der Waals surface area contributed by atoms with Crippen molar-refractivity contribution in [3.8, 4) is 5.75 Å². The molecule has 0 bridgehead atoms. The molecule has 0 unspecified atom stereocenters. The summed E-state index contributed by atoms with van der Waals surface area (Å²) in [5.41, 5.74) is 2.12. The minimum atomic E-state index is -0.0577. The van der Waals surface area contributed by atoms with Crippen LogP contribution in [0.2, 0.25) is 0 Å². The second-order valence-corrected chi connectivity index (χ2v) is 8.83. The third kappa shape index (κ3) is 3.94. The number of nitrogens with one attached hydrogen (secondary N) is 1. The lowest BCUT2D eigenvalue weighted by molar-refractivity contribution is -0.113. The molecule has 7 heteroatoms. The quantitative estimate of drug-likeness (QED) is 0.503. The number of anilines is 1. The molecule has 0 saturated carbocycles. The highest BCUT2D eigenvalue weighted by atomic mass is 32.2. The molecule has 0 aliphatic heterocycles. The Bertz CT molecular complexity index is 987. The third-order valence-corrected chi connectivity index (χ3v) is 6.90. The summed E-state index contributed by atoms with van der Waals surface area (Å²) in [5, 5.41) is 4.98. The van der Waals surface area contributed by atoms with Crippen molar-refractivity contribution < 1.29 is 9.53 Å². The molecule has 1 amide bonds. The Balaban J connectivity index is 1.49. The van der Waals surface area contributed by atoms with Gasteiger partial charge in [0.15, 0.2) is 0 Å². The molecule has 4 rings (SSSR count). The van der Waals surface area contributed by atoms with Crippen LogP contribution in [-0.2, 0) is 17.6 Å². The normalized spacial score (nSPS) is 16.1. The van der Waals surface area contributed by atoms with E-state index in [0.717, 1.165) is 45.4 Å². The number of ether oxygens (including phenoxy) is 1. The number of hydrogen-bond donors (Lipinski definition) is 1. The number of amides is 1.